The molecular weight excluding hydrogens is 264 g/mol. The first-order valence-corrected chi connectivity index (χ1v) is 7.26. The maximum atomic E-state index is 11.7. The van der Waals surface area contributed by atoms with Crippen LogP contribution in [0.5, 0.6) is 0 Å². The Morgan fingerprint density at radius 3 is 2.79 bits per heavy atom. The SMILES string of the molecule is CC(CNC(=O)NC(C(=O)O)c1cccs1)C1CC1. The fourth-order valence-electron chi connectivity index (χ4n) is 1.98. The summed E-state index contributed by atoms with van der Waals surface area (Å²) in [6, 6.07) is 2.07. The molecule has 5 nitrogen and oxygen atoms in total. The molecule has 0 bridgehead atoms. The molecule has 19 heavy (non-hydrogen) atoms. The average molecular weight is 282 g/mol. The highest BCUT2D eigenvalue weighted by atomic mass is 32.1. The molecule has 104 valence electrons. The molecule has 3 N–H and O–H groups in total. The zero-order valence-electron chi connectivity index (χ0n) is 10.8. The Labute approximate surface area is 116 Å². The Morgan fingerprint density at radius 2 is 2.26 bits per heavy atom. The number of urea groups is 1. The molecule has 0 saturated heterocycles. The number of thiophene rings is 1. The average Bonchev–Trinajstić information content (AvgIpc) is 3.09. The Hall–Kier alpha value is -1.56. The van der Waals surface area contributed by atoms with Crippen LogP contribution in [0.3, 0.4) is 0 Å². The number of aliphatic carboxylic acids is 1. The lowest BCUT2D eigenvalue weighted by Crippen LogP contribution is -2.42. The molecule has 2 amide bonds. The van der Waals surface area contributed by atoms with Crippen molar-refractivity contribution in [2.24, 2.45) is 11.8 Å². The van der Waals surface area contributed by atoms with Crippen LogP contribution in [0.25, 0.3) is 0 Å². The molecule has 1 fully saturated rings. The highest BCUT2D eigenvalue weighted by Gasteiger charge is 2.28. The van der Waals surface area contributed by atoms with E-state index in [-0.39, 0.29) is 0 Å². The molecule has 0 aromatic carbocycles. The molecule has 1 aromatic heterocycles. The second-order valence-corrected chi connectivity index (χ2v) is 5.94. The van der Waals surface area contributed by atoms with E-state index in [0.717, 1.165) is 0 Å². The lowest BCUT2D eigenvalue weighted by atomic mass is 10.1. The van der Waals surface area contributed by atoms with E-state index in [1.807, 2.05) is 0 Å². The number of carbonyl (C=O) groups is 2. The number of carboxylic acid groups (broad SMARTS) is 1. The van der Waals surface area contributed by atoms with E-state index in [1.165, 1.54) is 24.2 Å². The molecule has 1 aliphatic rings. The van der Waals surface area contributed by atoms with Crippen LogP contribution in [-0.2, 0) is 4.79 Å². The molecule has 1 saturated carbocycles. The number of carbonyl (C=O) groups excluding carboxylic acids is 1. The van der Waals surface area contributed by atoms with Crippen molar-refractivity contribution in [2.45, 2.75) is 25.8 Å². The molecule has 0 aliphatic heterocycles. The van der Waals surface area contributed by atoms with Crippen molar-refractivity contribution >= 4 is 23.3 Å². The number of nitrogens with one attached hydrogen (secondary N) is 2. The van der Waals surface area contributed by atoms with Crippen molar-refractivity contribution in [1.29, 1.82) is 0 Å². The van der Waals surface area contributed by atoms with Crippen LogP contribution < -0.4 is 10.6 Å². The molecule has 0 radical (unpaired) electrons. The number of hydrogen-bond donors (Lipinski definition) is 3. The quantitative estimate of drug-likeness (QED) is 0.748. The monoisotopic (exact) mass is 282 g/mol. The van der Waals surface area contributed by atoms with Crippen LogP contribution in [-0.4, -0.2) is 23.7 Å². The van der Waals surface area contributed by atoms with Gasteiger partial charge in [0.1, 0.15) is 0 Å². The molecule has 6 heteroatoms. The van der Waals surface area contributed by atoms with Gasteiger partial charge in [-0.05, 0) is 36.1 Å². The summed E-state index contributed by atoms with van der Waals surface area (Å²) in [5, 5.41) is 16.2. The zero-order valence-corrected chi connectivity index (χ0v) is 11.6. The fraction of sp³-hybridized carbons (Fsp3) is 0.538. The van der Waals surface area contributed by atoms with E-state index in [4.69, 9.17) is 5.11 Å². The molecule has 0 spiro atoms. The summed E-state index contributed by atoms with van der Waals surface area (Å²) in [4.78, 5) is 23.5. The molecule has 1 heterocycles. The van der Waals surface area contributed by atoms with Gasteiger partial charge in [-0.2, -0.15) is 0 Å². The summed E-state index contributed by atoms with van der Waals surface area (Å²) in [5.41, 5.74) is 0. The van der Waals surface area contributed by atoms with Gasteiger partial charge in [-0.3, -0.25) is 0 Å². The molecule has 2 unspecified atom stereocenters. The van der Waals surface area contributed by atoms with Crippen molar-refractivity contribution in [3.05, 3.63) is 22.4 Å². The van der Waals surface area contributed by atoms with Gasteiger partial charge in [-0.25, -0.2) is 9.59 Å². The van der Waals surface area contributed by atoms with Gasteiger partial charge in [0.05, 0.1) is 0 Å². The lowest BCUT2D eigenvalue weighted by molar-refractivity contribution is -0.139. The molecular formula is C13H18N2O3S. The first-order chi connectivity index (χ1) is 9.08. The zero-order chi connectivity index (χ0) is 13.8. The van der Waals surface area contributed by atoms with Gasteiger partial charge >= 0.3 is 12.0 Å². The van der Waals surface area contributed by atoms with Crippen molar-refractivity contribution in [3.63, 3.8) is 0 Å². The minimum atomic E-state index is -1.05. The van der Waals surface area contributed by atoms with Gasteiger partial charge in [-0.1, -0.05) is 13.0 Å². The Balaban J connectivity index is 1.83. The second-order valence-electron chi connectivity index (χ2n) is 4.96. The van der Waals surface area contributed by atoms with Crippen LogP contribution in [0.2, 0.25) is 0 Å². The highest BCUT2D eigenvalue weighted by Crippen LogP contribution is 2.36. The van der Waals surface area contributed by atoms with Crippen LogP contribution in [0.15, 0.2) is 17.5 Å². The van der Waals surface area contributed by atoms with Gasteiger partial charge < -0.3 is 15.7 Å². The lowest BCUT2D eigenvalue weighted by Gasteiger charge is -2.16. The minimum absolute atomic E-state index is 0.423. The third-order valence-corrected chi connectivity index (χ3v) is 4.30. The summed E-state index contributed by atoms with van der Waals surface area (Å²) < 4.78 is 0. The largest absolute Gasteiger partial charge is 0.479 e. The molecule has 1 aromatic rings. The number of rotatable bonds is 6. The first-order valence-electron chi connectivity index (χ1n) is 6.38. The van der Waals surface area contributed by atoms with E-state index in [2.05, 4.69) is 17.6 Å². The summed E-state index contributed by atoms with van der Waals surface area (Å²) >= 11 is 1.32. The van der Waals surface area contributed by atoms with Crippen LogP contribution in [0, 0.1) is 11.8 Å². The smallest absolute Gasteiger partial charge is 0.331 e. The van der Waals surface area contributed by atoms with Gasteiger partial charge in [0.15, 0.2) is 6.04 Å². The highest BCUT2D eigenvalue weighted by molar-refractivity contribution is 7.10. The third-order valence-electron chi connectivity index (χ3n) is 3.36. The topological polar surface area (TPSA) is 78.4 Å². The summed E-state index contributed by atoms with van der Waals surface area (Å²) in [6.45, 7) is 2.69. The van der Waals surface area contributed by atoms with E-state index in [0.29, 0.717) is 23.3 Å². The standard InChI is InChI=1S/C13H18N2O3S/c1-8(9-4-5-9)7-14-13(18)15-11(12(16)17)10-3-2-6-19-10/h2-3,6,8-9,11H,4-5,7H2,1H3,(H,16,17)(H2,14,15,18). The van der Waals surface area contributed by atoms with Gasteiger partial charge in [-0.15, -0.1) is 11.3 Å². The first kappa shape index (κ1) is 13.9. The van der Waals surface area contributed by atoms with Crippen molar-refractivity contribution in [2.75, 3.05) is 6.54 Å². The van der Waals surface area contributed by atoms with Gasteiger partial charge in [0.25, 0.3) is 0 Å². The van der Waals surface area contributed by atoms with E-state index < -0.39 is 18.0 Å². The van der Waals surface area contributed by atoms with Gasteiger partial charge in [0.2, 0.25) is 0 Å². The summed E-state index contributed by atoms with van der Waals surface area (Å²) in [7, 11) is 0. The molecule has 1 aliphatic carbocycles. The minimum Gasteiger partial charge on any atom is -0.479 e. The van der Waals surface area contributed by atoms with E-state index in [1.54, 1.807) is 17.5 Å². The van der Waals surface area contributed by atoms with E-state index >= 15 is 0 Å². The van der Waals surface area contributed by atoms with Gasteiger partial charge in [0, 0.05) is 11.4 Å². The number of hydrogen-bond acceptors (Lipinski definition) is 3. The maximum Gasteiger partial charge on any atom is 0.331 e. The van der Waals surface area contributed by atoms with E-state index in [9.17, 15) is 9.59 Å². The Bertz CT molecular complexity index is 443. The number of amides is 2. The van der Waals surface area contributed by atoms with Crippen LogP contribution >= 0.6 is 11.3 Å². The van der Waals surface area contributed by atoms with Crippen LogP contribution in [0.1, 0.15) is 30.7 Å². The van der Waals surface area contributed by atoms with Crippen molar-refractivity contribution in [3.8, 4) is 0 Å². The van der Waals surface area contributed by atoms with Crippen molar-refractivity contribution in [1.82, 2.24) is 10.6 Å². The second kappa shape index (κ2) is 6.06. The Kier molecular flexibility index (Phi) is 4.42. The third kappa shape index (κ3) is 3.96. The van der Waals surface area contributed by atoms with Crippen molar-refractivity contribution < 1.29 is 14.7 Å². The van der Waals surface area contributed by atoms with Crippen LogP contribution in [0.4, 0.5) is 4.79 Å². The molecule has 2 rings (SSSR count). The fourth-order valence-corrected chi connectivity index (χ4v) is 2.75. The maximum absolute atomic E-state index is 11.7. The Morgan fingerprint density at radius 1 is 1.53 bits per heavy atom. The predicted octanol–water partition coefficient (Wildman–Crippen LogP) is 2.22. The predicted molar refractivity (Wildman–Crippen MR) is 73.1 cm³/mol. The summed E-state index contributed by atoms with van der Waals surface area (Å²) in [6.07, 6.45) is 2.47. The number of carboxylic acids is 1. The normalized spacial score (nSPS) is 17.5. The summed E-state index contributed by atoms with van der Waals surface area (Å²) in [5.74, 6) is 0.122. The molecule has 2 atom stereocenters.